The number of rotatable bonds is 5. The van der Waals surface area contributed by atoms with Gasteiger partial charge in [0.25, 0.3) is 6.33 Å². The van der Waals surface area contributed by atoms with E-state index in [4.69, 9.17) is 9.72 Å². The Balaban J connectivity index is 1.01. The first kappa shape index (κ1) is 33.7. The van der Waals surface area contributed by atoms with Crippen LogP contribution < -0.4 is 9.30 Å². The molecule has 10 aromatic carbocycles. The smallest absolute Gasteiger partial charge is 0.269 e. The lowest BCUT2D eigenvalue weighted by atomic mass is 9.92. The fourth-order valence-electron chi connectivity index (χ4n) is 9.59. The van der Waals surface area contributed by atoms with Crippen LogP contribution in [-0.2, 0) is 0 Å². The minimum Gasteiger partial charge on any atom is -0.458 e. The maximum atomic E-state index is 6.78. The predicted octanol–water partition coefficient (Wildman–Crippen LogP) is 13.8. The van der Waals surface area contributed by atoms with Crippen LogP contribution >= 0.6 is 0 Å². The van der Waals surface area contributed by atoms with Crippen LogP contribution in [0.4, 0.5) is 0 Å². The largest absolute Gasteiger partial charge is 0.458 e. The summed E-state index contributed by atoms with van der Waals surface area (Å²) in [5, 5.41) is 13.1. The molecule has 0 radical (unpaired) electrons. The Kier molecular flexibility index (Phi) is 7.24. The minimum absolute atomic E-state index is 0.733. The molecule has 0 atom stereocenters. The maximum Gasteiger partial charge on any atom is 0.269 e. The SMILES string of the molecule is [c-]1n(-c2cccc(Oc3ccc4c5ccccc5n(-c5nc6ccc7ccc8ccccc8c7c6c6c5ccc5ccccc56)c4c3)c2)c2ccccc2[n+]1-c1ccccc1. The lowest BCUT2D eigenvalue weighted by Gasteiger charge is -2.17. The molecule has 0 bridgehead atoms. The maximum absolute atomic E-state index is 6.78. The Bertz CT molecular complexity index is 3920. The second-order valence-electron chi connectivity index (χ2n) is 15.7. The highest BCUT2D eigenvalue weighted by molar-refractivity contribution is 6.32. The van der Waals surface area contributed by atoms with Gasteiger partial charge in [0.15, 0.2) is 0 Å². The van der Waals surface area contributed by atoms with Crippen LogP contribution in [0.3, 0.4) is 0 Å². The molecular formula is C56H34N4O. The molecule has 0 N–H and O–H groups in total. The molecule has 0 unspecified atom stereocenters. The fourth-order valence-corrected chi connectivity index (χ4v) is 9.59. The summed E-state index contributed by atoms with van der Waals surface area (Å²) in [6.45, 7) is 0. The molecule has 0 saturated heterocycles. The van der Waals surface area contributed by atoms with Crippen LogP contribution in [0.25, 0.3) is 104 Å². The van der Waals surface area contributed by atoms with E-state index < -0.39 is 0 Å². The van der Waals surface area contributed by atoms with E-state index in [1.807, 2.05) is 18.2 Å². The van der Waals surface area contributed by atoms with E-state index in [0.717, 1.165) is 72.4 Å². The van der Waals surface area contributed by atoms with Gasteiger partial charge in [-0.25, -0.2) is 4.98 Å². The summed E-state index contributed by atoms with van der Waals surface area (Å²) in [7, 11) is 0. The van der Waals surface area contributed by atoms with E-state index in [0.29, 0.717) is 0 Å². The number of imidazole rings is 1. The van der Waals surface area contributed by atoms with Crippen LogP contribution in [0, 0.1) is 6.33 Å². The van der Waals surface area contributed by atoms with Crippen molar-refractivity contribution in [2.24, 2.45) is 0 Å². The fraction of sp³-hybridized carbons (Fsp3) is 0. The van der Waals surface area contributed by atoms with Crippen molar-refractivity contribution < 1.29 is 9.30 Å². The van der Waals surface area contributed by atoms with Gasteiger partial charge in [0.05, 0.1) is 39.0 Å². The number of ether oxygens (including phenoxy) is 1. The zero-order valence-electron chi connectivity index (χ0n) is 32.8. The monoisotopic (exact) mass is 778 g/mol. The van der Waals surface area contributed by atoms with Crippen LogP contribution in [-0.4, -0.2) is 14.1 Å². The van der Waals surface area contributed by atoms with Gasteiger partial charge in [0, 0.05) is 33.0 Å². The molecule has 0 aliphatic rings. The first-order valence-corrected chi connectivity index (χ1v) is 20.6. The van der Waals surface area contributed by atoms with Gasteiger partial charge >= 0.3 is 0 Å². The summed E-state index contributed by atoms with van der Waals surface area (Å²) in [5.41, 5.74) is 7.21. The van der Waals surface area contributed by atoms with Crippen molar-refractivity contribution in [3.8, 4) is 28.7 Å². The van der Waals surface area contributed by atoms with Gasteiger partial charge in [0.1, 0.15) is 17.3 Å². The number of aromatic nitrogens is 4. The van der Waals surface area contributed by atoms with Gasteiger partial charge in [-0.05, 0) is 93.0 Å². The Morgan fingerprint density at radius 3 is 1.92 bits per heavy atom. The quantitative estimate of drug-likeness (QED) is 0.0991. The molecule has 61 heavy (non-hydrogen) atoms. The Morgan fingerprint density at radius 1 is 0.426 bits per heavy atom. The van der Waals surface area contributed by atoms with E-state index in [-0.39, 0.29) is 0 Å². The molecule has 5 heteroatoms. The van der Waals surface area contributed by atoms with Crippen molar-refractivity contribution in [3.05, 3.63) is 213 Å². The zero-order chi connectivity index (χ0) is 40.0. The highest BCUT2D eigenvalue weighted by Crippen LogP contribution is 2.43. The summed E-state index contributed by atoms with van der Waals surface area (Å²) in [5.74, 6) is 2.36. The van der Waals surface area contributed by atoms with Crippen molar-refractivity contribution >= 4 is 86.8 Å². The van der Waals surface area contributed by atoms with E-state index >= 15 is 0 Å². The first-order chi connectivity index (χ1) is 30.2. The molecule has 0 saturated carbocycles. The summed E-state index contributed by atoms with van der Waals surface area (Å²) < 4.78 is 13.3. The highest BCUT2D eigenvalue weighted by Gasteiger charge is 2.21. The molecular weight excluding hydrogens is 745 g/mol. The molecule has 0 aliphatic carbocycles. The first-order valence-electron chi connectivity index (χ1n) is 20.6. The topological polar surface area (TPSA) is 35.9 Å². The van der Waals surface area contributed by atoms with Gasteiger partial charge in [-0.2, -0.15) is 0 Å². The summed E-state index contributed by atoms with van der Waals surface area (Å²) >= 11 is 0. The van der Waals surface area contributed by atoms with Crippen molar-refractivity contribution in [3.63, 3.8) is 0 Å². The van der Waals surface area contributed by atoms with Gasteiger partial charge in [-0.3, -0.25) is 13.7 Å². The third-order valence-electron chi connectivity index (χ3n) is 12.3. The summed E-state index contributed by atoms with van der Waals surface area (Å²) in [6.07, 6.45) is 3.60. The van der Waals surface area contributed by atoms with Gasteiger partial charge < -0.3 is 4.74 Å². The van der Waals surface area contributed by atoms with Gasteiger partial charge in [0.2, 0.25) is 0 Å². The van der Waals surface area contributed by atoms with E-state index in [9.17, 15) is 0 Å². The highest BCUT2D eigenvalue weighted by atomic mass is 16.5. The molecule has 3 aromatic heterocycles. The average molecular weight is 779 g/mol. The summed E-state index contributed by atoms with van der Waals surface area (Å²) in [6, 6.07) is 72.8. The predicted molar refractivity (Wildman–Crippen MR) is 250 cm³/mol. The lowest BCUT2D eigenvalue weighted by molar-refractivity contribution is -0.572. The lowest BCUT2D eigenvalue weighted by Crippen LogP contribution is -2.29. The molecule has 284 valence electrons. The normalized spacial score (nSPS) is 11.9. The van der Waals surface area contributed by atoms with Crippen molar-refractivity contribution in [1.82, 2.24) is 14.1 Å². The number of hydrogen-bond donors (Lipinski definition) is 0. The summed E-state index contributed by atoms with van der Waals surface area (Å²) in [4.78, 5) is 5.63. The minimum atomic E-state index is 0.733. The molecule has 0 amide bonds. The van der Waals surface area contributed by atoms with Crippen LogP contribution in [0.1, 0.15) is 0 Å². The molecule has 13 aromatic rings. The van der Waals surface area contributed by atoms with E-state index in [1.165, 1.54) is 43.1 Å². The van der Waals surface area contributed by atoms with Crippen molar-refractivity contribution in [2.75, 3.05) is 0 Å². The Hall–Kier alpha value is -8.28. The van der Waals surface area contributed by atoms with Gasteiger partial charge in [-0.1, -0.05) is 140 Å². The Labute approximate surface area is 350 Å². The molecule has 5 nitrogen and oxygen atoms in total. The second-order valence-corrected chi connectivity index (χ2v) is 15.7. The molecule has 3 heterocycles. The number of para-hydroxylation sites is 4. The third-order valence-corrected chi connectivity index (χ3v) is 12.3. The van der Waals surface area contributed by atoms with E-state index in [1.54, 1.807) is 0 Å². The number of pyridine rings is 1. The van der Waals surface area contributed by atoms with E-state index in [2.05, 4.69) is 208 Å². The zero-order valence-corrected chi connectivity index (χ0v) is 32.8. The van der Waals surface area contributed by atoms with Crippen molar-refractivity contribution in [2.45, 2.75) is 0 Å². The van der Waals surface area contributed by atoms with Crippen LogP contribution in [0.2, 0.25) is 0 Å². The molecule has 13 rings (SSSR count). The van der Waals surface area contributed by atoms with Gasteiger partial charge in [-0.15, -0.1) is 0 Å². The third kappa shape index (κ3) is 5.14. The number of hydrogen-bond acceptors (Lipinski definition) is 2. The second kappa shape index (κ2) is 13.1. The average Bonchev–Trinajstić information content (AvgIpc) is 3.87. The van der Waals surface area contributed by atoms with Crippen LogP contribution in [0.15, 0.2) is 206 Å². The Morgan fingerprint density at radius 2 is 1.07 bits per heavy atom. The number of fused-ring (bicyclic) bond motifs is 13. The molecule has 0 aliphatic heterocycles. The molecule has 0 spiro atoms. The standard InChI is InChI=1S/C56H34N4O/c1-2-15-39(16-3-1)58-35-59(51-24-11-10-23-50(51)58)40-17-12-18-41(33-40)61-42-29-31-46-45-21-8-9-22-49(45)60(52(46)34-42)56-47-30-27-37-14-5-7-20-44(37)54(47)55-48(57-56)32-28-38-26-25-36-13-4-6-19-43(36)53(38)55/h1-34H. The number of nitrogens with zero attached hydrogens (tertiary/aromatic N) is 4. The van der Waals surface area contributed by atoms with Crippen LogP contribution in [0.5, 0.6) is 11.5 Å². The number of benzene rings is 10. The van der Waals surface area contributed by atoms with Crippen molar-refractivity contribution in [1.29, 1.82) is 0 Å². The molecule has 0 fully saturated rings.